The van der Waals surface area contributed by atoms with Gasteiger partial charge in [-0.2, -0.15) is 10.4 Å². The first kappa shape index (κ1) is 19.5. The maximum absolute atomic E-state index is 12.5. The van der Waals surface area contributed by atoms with Gasteiger partial charge >= 0.3 is 0 Å². The molecule has 1 heterocycles. The van der Waals surface area contributed by atoms with Crippen molar-refractivity contribution in [2.75, 3.05) is 5.32 Å². The first-order valence-electron chi connectivity index (χ1n) is 8.82. The molecule has 0 aliphatic rings. The lowest BCUT2D eigenvalue weighted by Gasteiger charge is -2.05. The highest BCUT2D eigenvalue weighted by atomic mass is 16.6. The molecule has 2 N–H and O–H groups in total. The average molecular weight is 387 g/mol. The molecule has 0 spiro atoms. The molecule has 3 rings (SSSR count). The number of nitrogens with zero attached hydrogens (tertiary/aromatic N) is 3. The standard InChI is InChI=1S/C21H17N5O3/c1-2-14-3-5-15(6-4-14)20-17(13-23-25-20)11-16(12-22)21(27)24-18-7-9-19(10-8-18)26(28)29/h3-11,13H,2H2,1H3,(H,23,25)(H,24,27)/b16-11+. The van der Waals surface area contributed by atoms with Crippen molar-refractivity contribution in [2.45, 2.75) is 13.3 Å². The molecule has 0 saturated heterocycles. The van der Waals surface area contributed by atoms with E-state index in [2.05, 4.69) is 22.4 Å². The number of aryl methyl sites for hydroxylation is 1. The van der Waals surface area contributed by atoms with E-state index in [1.54, 1.807) is 6.20 Å². The summed E-state index contributed by atoms with van der Waals surface area (Å²) in [5.74, 6) is -0.616. The molecule has 2 aromatic carbocycles. The van der Waals surface area contributed by atoms with Crippen molar-refractivity contribution >= 4 is 23.4 Å². The van der Waals surface area contributed by atoms with Crippen LogP contribution in [0.1, 0.15) is 18.1 Å². The molecule has 144 valence electrons. The largest absolute Gasteiger partial charge is 0.321 e. The van der Waals surface area contributed by atoms with Gasteiger partial charge in [0.1, 0.15) is 11.6 Å². The van der Waals surface area contributed by atoms with Gasteiger partial charge in [-0.05, 0) is 30.2 Å². The summed E-state index contributed by atoms with van der Waals surface area (Å²) in [6, 6.07) is 15.2. The zero-order valence-electron chi connectivity index (χ0n) is 15.5. The number of nitro groups is 1. The second-order valence-electron chi connectivity index (χ2n) is 6.18. The molecule has 29 heavy (non-hydrogen) atoms. The van der Waals surface area contributed by atoms with Crippen LogP contribution in [-0.2, 0) is 11.2 Å². The summed E-state index contributed by atoms with van der Waals surface area (Å²) in [6.45, 7) is 2.07. The van der Waals surface area contributed by atoms with Crippen LogP contribution < -0.4 is 5.32 Å². The zero-order chi connectivity index (χ0) is 20.8. The Morgan fingerprint density at radius 3 is 2.52 bits per heavy atom. The second kappa shape index (κ2) is 8.63. The number of aromatic nitrogens is 2. The Balaban J connectivity index is 1.83. The Kier molecular flexibility index (Phi) is 5.80. The minimum Gasteiger partial charge on any atom is -0.321 e. The number of nitro benzene ring substituents is 1. The molecular formula is C21H17N5O3. The summed E-state index contributed by atoms with van der Waals surface area (Å²) >= 11 is 0. The zero-order valence-corrected chi connectivity index (χ0v) is 15.5. The van der Waals surface area contributed by atoms with Crippen LogP contribution in [0, 0.1) is 21.4 Å². The fourth-order valence-electron chi connectivity index (χ4n) is 2.71. The Morgan fingerprint density at radius 1 is 1.24 bits per heavy atom. The van der Waals surface area contributed by atoms with Crippen LogP contribution in [-0.4, -0.2) is 21.0 Å². The molecule has 3 aromatic rings. The van der Waals surface area contributed by atoms with Gasteiger partial charge in [0, 0.05) is 28.9 Å². The van der Waals surface area contributed by atoms with E-state index in [9.17, 15) is 20.2 Å². The third kappa shape index (κ3) is 4.54. The van der Waals surface area contributed by atoms with E-state index >= 15 is 0 Å². The third-order valence-corrected chi connectivity index (χ3v) is 4.32. The smallest absolute Gasteiger partial charge is 0.269 e. The predicted molar refractivity (Wildman–Crippen MR) is 109 cm³/mol. The number of hydrogen-bond acceptors (Lipinski definition) is 5. The van der Waals surface area contributed by atoms with Crippen LogP contribution in [0.3, 0.4) is 0 Å². The number of nitrogens with one attached hydrogen (secondary N) is 2. The molecular weight excluding hydrogens is 370 g/mol. The minimum atomic E-state index is -0.616. The summed E-state index contributed by atoms with van der Waals surface area (Å²) < 4.78 is 0. The second-order valence-corrected chi connectivity index (χ2v) is 6.18. The van der Waals surface area contributed by atoms with E-state index < -0.39 is 10.8 Å². The first-order chi connectivity index (χ1) is 14.0. The number of anilines is 1. The van der Waals surface area contributed by atoms with Crippen LogP contribution in [0.5, 0.6) is 0 Å². The van der Waals surface area contributed by atoms with Gasteiger partial charge in [0.05, 0.1) is 16.8 Å². The minimum absolute atomic E-state index is 0.0869. The average Bonchev–Trinajstić information content (AvgIpc) is 3.20. The Bertz CT molecular complexity index is 1110. The van der Waals surface area contributed by atoms with E-state index in [1.165, 1.54) is 35.9 Å². The summed E-state index contributed by atoms with van der Waals surface area (Å²) in [7, 11) is 0. The normalized spacial score (nSPS) is 11.0. The maximum atomic E-state index is 12.5. The van der Waals surface area contributed by atoms with E-state index in [1.807, 2.05) is 30.3 Å². The maximum Gasteiger partial charge on any atom is 0.269 e. The van der Waals surface area contributed by atoms with E-state index in [-0.39, 0.29) is 11.3 Å². The fourth-order valence-corrected chi connectivity index (χ4v) is 2.71. The predicted octanol–water partition coefficient (Wildman–Crippen LogP) is 4.09. The van der Waals surface area contributed by atoms with Crippen LogP contribution in [0.2, 0.25) is 0 Å². The van der Waals surface area contributed by atoms with E-state index in [0.717, 1.165) is 12.0 Å². The van der Waals surface area contributed by atoms with Gasteiger partial charge in [-0.15, -0.1) is 0 Å². The van der Waals surface area contributed by atoms with Crippen molar-refractivity contribution in [3.05, 3.63) is 81.5 Å². The quantitative estimate of drug-likeness (QED) is 0.285. The topological polar surface area (TPSA) is 125 Å². The number of benzene rings is 2. The van der Waals surface area contributed by atoms with E-state index in [0.29, 0.717) is 16.9 Å². The number of carbonyl (C=O) groups is 1. The van der Waals surface area contributed by atoms with Crippen molar-refractivity contribution in [2.24, 2.45) is 0 Å². The number of carbonyl (C=O) groups excluding carboxylic acids is 1. The van der Waals surface area contributed by atoms with Crippen molar-refractivity contribution < 1.29 is 9.72 Å². The molecule has 8 heteroatoms. The highest BCUT2D eigenvalue weighted by molar-refractivity contribution is 6.10. The molecule has 1 aromatic heterocycles. The van der Waals surface area contributed by atoms with Gasteiger partial charge in [0.2, 0.25) is 0 Å². The number of rotatable bonds is 6. The highest BCUT2D eigenvalue weighted by Crippen LogP contribution is 2.24. The molecule has 8 nitrogen and oxygen atoms in total. The van der Waals surface area contributed by atoms with Gasteiger partial charge in [-0.25, -0.2) is 0 Å². The Morgan fingerprint density at radius 2 is 1.93 bits per heavy atom. The number of nitriles is 1. The molecule has 0 fully saturated rings. The Labute approximate surface area is 166 Å². The first-order valence-corrected chi connectivity index (χ1v) is 8.82. The number of aromatic amines is 1. The molecule has 0 radical (unpaired) electrons. The van der Waals surface area contributed by atoms with Crippen molar-refractivity contribution in [1.82, 2.24) is 10.2 Å². The SMILES string of the molecule is CCc1ccc(-c2[nH]ncc2/C=C(\C#N)C(=O)Nc2ccc([N+](=O)[O-])cc2)cc1. The van der Waals surface area contributed by atoms with Crippen LogP contribution in [0.25, 0.3) is 17.3 Å². The monoisotopic (exact) mass is 387 g/mol. The summed E-state index contributed by atoms with van der Waals surface area (Å²) in [4.78, 5) is 22.6. The molecule has 0 aliphatic carbocycles. The third-order valence-electron chi connectivity index (χ3n) is 4.32. The highest BCUT2D eigenvalue weighted by Gasteiger charge is 2.13. The lowest BCUT2D eigenvalue weighted by molar-refractivity contribution is -0.384. The van der Waals surface area contributed by atoms with Gasteiger partial charge in [0.25, 0.3) is 11.6 Å². The van der Waals surface area contributed by atoms with Crippen LogP contribution in [0.4, 0.5) is 11.4 Å². The van der Waals surface area contributed by atoms with Crippen molar-refractivity contribution in [3.63, 3.8) is 0 Å². The summed E-state index contributed by atoms with van der Waals surface area (Å²) in [6.07, 6.45) is 3.92. The van der Waals surface area contributed by atoms with Crippen molar-refractivity contribution in [1.29, 1.82) is 5.26 Å². The molecule has 0 unspecified atom stereocenters. The van der Waals surface area contributed by atoms with E-state index in [4.69, 9.17) is 0 Å². The van der Waals surface area contributed by atoms with Gasteiger partial charge in [-0.1, -0.05) is 31.2 Å². The fraction of sp³-hybridized carbons (Fsp3) is 0.0952. The number of amides is 1. The molecule has 1 amide bonds. The van der Waals surface area contributed by atoms with Crippen molar-refractivity contribution in [3.8, 4) is 17.3 Å². The van der Waals surface area contributed by atoms with Gasteiger partial charge in [-0.3, -0.25) is 20.0 Å². The molecule has 0 saturated carbocycles. The molecule has 0 atom stereocenters. The Hall–Kier alpha value is -4.25. The number of hydrogen-bond donors (Lipinski definition) is 2. The lowest BCUT2D eigenvalue weighted by atomic mass is 10.0. The number of H-pyrrole nitrogens is 1. The van der Waals surface area contributed by atoms with Gasteiger partial charge in [0.15, 0.2) is 0 Å². The molecule has 0 bridgehead atoms. The molecule has 0 aliphatic heterocycles. The van der Waals surface area contributed by atoms with Crippen LogP contribution >= 0.6 is 0 Å². The van der Waals surface area contributed by atoms with Crippen LogP contribution in [0.15, 0.2) is 60.3 Å². The number of non-ortho nitro benzene ring substituents is 1. The lowest BCUT2D eigenvalue weighted by Crippen LogP contribution is -2.13. The summed E-state index contributed by atoms with van der Waals surface area (Å²) in [5, 5.41) is 29.6. The van der Waals surface area contributed by atoms with Gasteiger partial charge < -0.3 is 5.32 Å². The summed E-state index contributed by atoms with van der Waals surface area (Å²) in [5.41, 5.74) is 3.54.